The third kappa shape index (κ3) is 5.78. The molecular weight excluding hydrogens is 594 g/mol. The van der Waals surface area contributed by atoms with Crippen LogP contribution in [0.4, 0.5) is 0 Å². The summed E-state index contributed by atoms with van der Waals surface area (Å²) in [6, 6.07) is 17.5. The lowest BCUT2D eigenvalue weighted by atomic mass is 9.79. The molecule has 1 aromatic heterocycles. The summed E-state index contributed by atoms with van der Waals surface area (Å²) in [6.07, 6.45) is 1.79. The van der Waals surface area contributed by atoms with Crippen molar-refractivity contribution in [3.05, 3.63) is 93.6 Å². The number of benzene rings is 3. The number of aromatic nitrogens is 1. The Balaban J connectivity index is 1.57. The SMILES string of the molecule is CCOc1cc([C@@H](c2c[nH]c3ccccc23)C2C(=O)OC(C)(C)OC2=O)c(Br)cc1OCc1ccc(C(=O)O)cc1. The molecule has 0 bridgehead atoms. The first kappa shape index (κ1) is 28.2. The van der Waals surface area contributed by atoms with Gasteiger partial charge in [0.25, 0.3) is 5.79 Å². The predicted molar refractivity (Wildman–Crippen MR) is 153 cm³/mol. The van der Waals surface area contributed by atoms with Crippen molar-refractivity contribution >= 4 is 44.7 Å². The standard InChI is InChI=1S/C31H28BrNO8/c1-4-38-24-13-20(22(32)14-25(24)39-16-17-9-11-18(12-10-17)28(34)35)26(21-15-33-23-8-6-5-7-19(21)23)27-29(36)40-31(2,3)41-30(27)37/h5-15,26-27,33H,4,16H2,1-3H3,(H,34,35)/t26-/m0/s1. The van der Waals surface area contributed by atoms with Crippen LogP contribution in [0, 0.1) is 5.92 Å². The van der Waals surface area contributed by atoms with Gasteiger partial charge in [-0.25, -0.2) is 4.79 Å². The van der Waals surface area contributed by atoms with Gasteiger partial charge in [-0.1, -0.05) is 46.3 Å². The molecule has 0 spiro atoms. The molecule has 4 aromatic rings. The molecule has 3 aromatic carbocycles. The van der Waals surface area contributed by atoms with Crippen LogP contribution < -0.4 is 9.47 Å². The van der Waals surface area contributed by atoms with E-state index in [1.54, 1.807) is 30.5 Å². The second kappa shape index (κ2) is 11.3. The minimum Gasteiger partial charge on any atom is -0.490 e. The molecular formula is C31H28BrNO8. The normalized spacial score (nSPS) is 15.7. The highest BCUT2D eigenvalue weighted by Crippen LogP contribution is 2.46. The molecule has 5 rings (SSSR count). The van der Waals surface area contributed by atoms with Gasteiger partial charge in [0.15, 0.2) is 17.4 Å². The van der Waals surface area contributed by atoms with E-state index in [9.17, 15) is 14.4 Å². The van der Waals surface area contributed by atoms with Gasteiger partial charge in [-0.15, -0.1) is 0 Å². The van der Waals surface area contributed by atoms with E-state index in [4.69, 9.17) is 24.1 Å². The van der Waals surface area contributed by atoms with E-state index >= 15 is 0 Å². The third-order valence-corrected chi connectivity index (χ3v) is 7.47. The summed E-state index contributed by atoms with van der Waals surface area (Å²) in [4.78, 5) is 41.1. The molecule has 212 valence electrons. The molecule has 9 nitrogen and oxygen atoms in total. The maximum absolute atomic E-state index is 13.3. The van der Waals surface area contributed by atoms with Crippen LogP contribution in [-0.2, 0) is 25.7 Å². The molecule has 41 heavy (non-hydrogen) atoms. The Kier molecular flexibility index (Phi) is 7.77. The van der Waals surface area contributed by atoms with Crippen LogP contribution in [0.15, 0.2) is 71.3 Å². The number of carboxylic acid groups (broad SMARTS) is 1. The lowest BCUT2D eigenvalue weighted by Crippen LogP contribution is -2.48. The predicted octanol–water partition coefficient (Wildman–Crippen LogP) is 6.19. The summed E-state index contributed by atoms with van der Waals surface area (Å²) < 4.78 is 23.6. The summed E-state index contributed by atoms with van der Waals surface area (Å²) in [5.41, 5.74) is 3.12. The van der Waals surface area contributed by atoms with Gasteiger partial charge in [0.1, 0.15) is 6.61 Å². The first-order valence-electron chi connectivity index (χ1n) is 13.0. The van der Waals surface area contributed by atoms with Gasteiger partial charge in [-0.05, 0) is 53.9 Å². The molecule has 0 aliphatic carbocycles. The van der Waals surface area contributed by atoms with Crippen molar-refractivity contribution in [2.24, 2.45) is 5.92 Å². The molecule has 10 heteroatoms. The quantitative estimate of drug-likeness (QED) is 0.167. The molecule has 0 saturated carbocycles. The van der Waals surface area contributed by atoms with Gasteiger partial charge in [0.05, 0.1) is 12.2 Å². The number of cyclic esters (lactones) is 2. The van der Waals surface area contributed by atoms with Gasteiger partial charge >= 0.3 is 17.9 Å². The molecule has 0 unspecified atom stereocenters. The maximum atomic E-state index is 13.3. The van der Waals surface area contributed by atoms with Gasteiger partial charge < -0.3 is 29.0 Å². The van der Waals surface area contributed by atoms with Crippen molar-refractivity contribution in [1.29, 1.82) is 0 Å². The Morgan fingerprint density at radius 3 is 2.32 bits per heavy atom. The number of carboxylic acids is 1. The van der Waals surface area contributed by atoms with Crippen LogP contribution in [0.25, 0.3) is 10.9 Å². The minimum atomic E-state index is -1.37. The number of carbonyl (C=O) groups excluding carboxylic acids is 2. The molecule has 1 aliphatic rings. The van der Waals surface area contributed by atoms with Crippen molar-refractivity contribution in [3.8, 4) is 11.5 Å². The van der Waals surface area contributed by atoms with Crippen molar-refractivity contribution in [1.82, 2.24) is 4.98 Å². The Morgan fingerprint density at radius 1 is 1.00 bits per heavy atom. The summed E-state index contributed by atoms with van der Waals surface area (Å²) >= 11 is 3.65. The van der Waals surface area contributed by atoms with Crippen molar-refractivity contribution in [2.45, 2.75) is 39.1 Å². The Labute approximate surface area is 244 Å². The number of aromatic carboxylic acids is 1. The van der Waals surface area contributed by atoms with E-state index in [1.165, 1.54) is 26.0 Å². The number of halogens is 1. The number of ether oxygens (including phenoxy) is 4. The van der Waals surface area contributed by atoms with Crippen molar-refractivity contribution in [3.63, 3.8) is 0 Å². The lowest BCUT2D eigenvalue weighted by molar-refractivity contribution is -0.240. The average molecular weight is 622 g/mol. The number of carbonyl (C=O) groups is 3. The first-order chi connectivity index (χ1) is 19.6. The number of nitrogens with one attached hydrogen (secondary N) is 1. The summed E-state index contributed by atoms with van der Waals surface area (Å²) in [5.74, 6) is -4.96. The van der Waals surface area contributed by atoms with E-state index in [2.05, 4.69) is 20.9 Å². The monoisotopic (exact) mass is 621 g/mol. The molecule has 1 fully saturated rings. The number of aromatic amines is 1. The zero-order valence-corrected chi connectivity index (χ0v) is 24.2. The second-order valence-electron chi connectivity index (χ2n) is 10.0. The Hall–Kier alpha value is -4.31. The van der Waals surface area contributed by atoms with Gasteiger partial charge in [0.2, 0.25) is 0 Å². The van der Waals surface area contributed by atoms with E-state index < -0.39 is 35.5 Å². The molecule has 1 aliphatic heterocycles. The maximum Gasteiger partial charge on any atom is 0.335 e. The van der Waals surface area contributed by atoms with E-state index in [1.807, 2.05) is 31.2 Å². The highest BCUT2D eigenvalue weighted by atomic mass is 79.9. The van der Waals surface area contributed by atoms with Crippen LogP contribution in [0.3, 0.4) is 0 Å². The molecule has 2 heterocycles. The van der Waals surface area contributed by atoms with Gasteiger partial charge in [-0.2, -0.15) is 0 Å². The molecule has 2 N–H and O–H groups in total. The fourth-order valence-corrected chi connectivity index (χ4v) is 5.52. The molecule has 0 radical (unpaired) electrons. The zero-order valence-electron chi connectivity index (χ0n) is 22.6. The van der Waals surface area contributed by atoms with Crippen molar-refractivity contribution < 1.29 is 38.4 Å². The summed E-state index contributed by atoms with van der Waals surface area (Å²) in [5, 5.41) is 9.99. The molecule has 1 atom stereocenters. The zero-order chi connectivity index (χ0) is 29.3. The topological polar surface area (TPSA) is 124 Å². The van der Waals surface area contributed by atoms with Gasteiger partial charge in [-0.3, -0.25) is 9.59 Å². The van der Waals surface area contributed by atoms with Crippen LogP contribution in [0.5, 0.6) is 11.5 Å². The Bertz CT molecular complexity index is 1610. The van der Waals surface area contributed by atoms with Crippen LogP contribution in [0.1, 0.15) is 53.7 Å². The minimum absolute atomic E-state index is 0.161. The second-order valence-corrected chi connectivity index (χ2v) is 10.9. The Morgan fingerprint density at radius 2 is 1.66 bits per heavy atom. The lowest BCUT2D eigenvalue weighted by Gasteiger charge is -2.36. The number of fused-ring (bicyclic) bond motifs is 1. The third-order valence-electron chi connectivity index (χ3n) is 6.78. The van der Waals surface area contributed by atoms with Gasteiger partial charge in [0, 0.05) is 41.3 Å². The number of hydrogen-bond donors (Lipinski definition) is 2. The smallest absolute Gasteiger partial charge is 0.335 e. The summed E-state index contributed by atoms with van der Waals surface area (Å²) in [7, 11) is 0. The fraction of sp³-hybridized carbons (Fsp3) is 0.258. The number of hydrogen-bond acceptors (Lipinski definition) is 7. The van der Waals surface area contributed by atoms with E-state index in [0.717, 1.165) is 22.0 Å². The fourth-order valence-electron chi connectivity index (χ4n) is 4.95. The van der Waals surface area contributed by atoms with E-state index in [0.29, 0.717) is 28.1 Å². The number of rotatable bonds is 9. The van der Waals surface area contributed by atoms with Crippen molar-refractivity contribution in [2.75, 3.05) is 6.61 Å². The van der Waals surface area contributed by atoms with Crippen LogP contribution in [-0.4, -0.2) is 40.4 Å². The highest BCUT2D eigenvalue weighted by molar-refractivity contribution is 9.10. The molecule has 1 saturated heterocycles. The average Bonchev–Trinajstić information content (AvgIpc) is 3.34. The first-order valence-corrected chi connectivity index (χ1v) is 13.8. The number of esters is 2. The van der Waals surface area contributed by atoms with Crippen LogP contribution >= 0.6 is 15.9 Å². The number of para-hydroxylation sites is 1. The highest BCUT2D eigenvalue weighted by Gasteiger charge is 2.49. The largest absolute Gasteiger partial charge is 0.490 e. The molecule has 0 amide bonds. The van der Waals surface area contributed by atoms with E-state index in [-0.39, 0.29) is 12.2 Å². The van der Waals surface area contributed by atoms with Crippen LogP contribution in [0.2, 0.25) is 0 Å². The number of H-pyrrole nitrogens is 1. The summed E-state index contributed by atoms with van der Waals surface area (Å²) in [6.45, 7) is 5.37.